The third-order valence-corrected chi connectivity index (χ3v) is 4.03. The van der Waals surface area contributed by atoms with E-state index in [1.54, 1.807) is 53.2 Å². The Morgan fingerprint density at radius 2 is 1.42 bits per heavy atom. The first-order chi connectivity index (χ1) is 14.6. The number of hydrogen-bond acceptors (Lipinski definition) is 6. The van der Waals surface area contributed by atoms with Gasteiger partial charge in [0.25, 0.3) is 0 Å². The standard InChI is InChI=1S/C24H29NO6/c1-16(25-23(27)31-24(2,3)4)22(26)30-19-11-9-17(10-12-19)7-8-18-13-20(28-5)15-21(14-18)29-6/h7-16H,1-6H3,(H,25,27)/b8-7+. The van der Waals surface area contributed by atoms with E-state index >= 15 is 0 Å². The van der Waals surface area contributed by atoms with Crippen molar-refractivity contribution in [3.63, 3.8) is 0 Å². The van der Waals surface area contributed by atoms with Crippen molar-refractivity contribution < 1.29 is 28.5 Å². The summed E-state index contributed by atoms with van der Waals surface area (Å²) in [6.07, 6.45) is 3.18. The van der Waals surface area contributed by atoms with Gasteiger partial charge in [-0.25, -0.2) is 9.59 Å². The highest BCUT2D eigenvalue weighted by Gasteiger charge is 2.22. The summed E-state index contributed by atoms with van der Waals surface area (Å²) < 4.78 is 21.0. The highest BCUT2D eigenvalue weighted by atomic mass is 16.6. The summed E-state index contributed by atoms with van der Waals surface area (Å²) in [6, 6.07) is 11.8. The van der Waals surface area contributed by atoms with E-state index in [1.807, 2.05) is 36.4 Å². The van der Waals surface area contributed by atoms with E-state index in [1.165, 1.54) is 6.92 Å². The molecular formula is C24H29NO6. The van der Waals surface area contributed by atoms with Crippen molar-refractivity contribution in [2.75, 3.05) is 14.2 Å². The summed E-state index contributed by atoms with van der Waals surface area (Å²) in [4.78, 5) is 24.0. The summed E-state index contributed by atoms with van der Waals surface area (Å²) in [6.45, 7) is 6.77. The quantitative estimate of drug-likeness (QED) is 0.392. The van der Waals surface area contributed by atoms with Crippen LogP contribution in [0.15, 0.2) is 42.5 Å². The van der Waals surface area contributed by atoms with Crippen molar-refractivity contribution in [2.24, 2.45) is 0 Å². The average Bonchev–Trinajstić information content (AvgIpc) is 2.71. The van der Waals surface area contributed by atoms with Gasteiger partial charge >= 0.3 is 12.1 Å². The van der Waals surface area contributed by atoms with Crippen LogP contribution in [0, 0.1) is 0 Å². The summed E-state index contributed by atoms with van der Waals surface area (Å²) in [7, 11) is 3.21. The number of alkyl carbamates (subject to hydrolysis) is 1. The van der Waals surface area contributed by atoms with E-state index in [9.17, 15) is 9.59 Å². The highest BCUT2D eigenvalue weighted by molar-refractivity contribution is 5.82. The van der Waals surface area contributed by atoms with Crippen molar-refractivity contribution in [1.82, 2.24) is 5.32 Å². The number of hydrogen-bond donors (Lipinski definition) is 1. The first kappa shape index (κ1) is 23.8. The third kappa shape index (κ3) is 8.04. The third-order valence-electron chi connectivity index (χ3n) is 4.03. The zero-order valence-electron chi connectivity index (χ0n) is 18.7. The molecule has 0 spiro atoms. The smallest absolute Gasteiger partial charge is 0.408 e. The molecular weight excluding hydrogens is 398 g/mol. The highest BCUT2D eigenvalue weighted by Crippen LogP contribution is 2.24. The van der Waals surface area contributed by atoms with E-state index in [4.69, 9.17) is 18.9 Å². The molecule has 2 aromatic carbocycles. The molecule has 0 aliphatic carbocycles. The van der Waals surface area contributed by atoms with E-state index in [-0.39, 0.29) is 0 Å². The number of methoxy groups -OCH3 is 2. The summed E-state index contributed by atoms with van der Waals surface area (Å²) in [5.41, 5.74) is 1.20. The molecule has 2 aromatic rings. The average molecular weight is 427 g/mol. The Kier molecular flexibility index (Phi) is 8.07. The molecule has 0 radical (unpaired) electrons. The van der Waals surface area contributed by atoms with Gasteiger partial charge in [-0.15, -0.1) is 0 Å². The van der Waals surface area contributed by atoms with Crippen LogP contribution in [0.25, 0.3) is 12.2 Å². The van der Waals surface area contributed by atoms with Gasteiger partial charge < -0.3 is 24.3 Å². The van der Waals surface area contributed by atoms with Crippen LogP contribution in [-0.4, -0.2) is 37.9 Å². The molecule has 1 unspecified atom stereocenters. The Labute approximate surface area is 183 Å². The second kappa shape index (κ2) is 10.5. The van der Waals surface area contributed by atoms with Gasteiger partial charge in [0.15, 0.2) is 0 Å². The zero-order valence-corrected chi connectivity index (χ0v) is 18.7. The number of esters is 1. The van der Waals surface area contributed by atoms with Crippen LogP contribution in [0.1, 0.15) is 38.8 Å². The summed E-state index contributed by atoms with van der Waals surface area (Å²) >= 11 is 0. The molecule has 7 heteroatoms. The summed E-state index contributed by atoms with van der Waals surface area (Å²) in [5.74, 6) is 1.20. The largest absolute Gasteiger partial charge is 0.497 e. The molecule has 0 aliphatic heterocycles. The SMILES string of the molecule is COc1cc(/C=C/c2ccc(OC(=O)C(C)NC(=O)OC(C)(C)C)cc2)cc(OC)c1. The predicted molar refractivity (Wildman–Crippen MR) is 119 cm³/mol. The molecule has 0 aromatic heterocycles. The van der Waals surface area contributed by atoms with Gasteiger partial charge in [-0.1, -0.05) is 24.3 Å². The number of rotatable bonds is 7. The molecule has 7 nitrogen and oxygen atoms in total. The second-order valence-corrected chi connectivity index (χ2v) is 7.84. The number of carbonyl (C=O) groups excluding carboxylic acids is 2. The predicted octanol–water partition coefficient (Wildman–Crippen LogP) is 4.69. The fourth-order valence-electron chi connectivity index (χ4n) is 2.51. The van der Waals surface area contributed by atoms with E-state index < -0.39 is 23.7 Å². The maximum atomic E-state index is 12.2. The van der Waals surface area contributed by atoms with Crippen LogP contribution in [0.2, 0.25) is 0 Å². The Bertz CT molecular complexity index is 906. The molecule has 0 saturated carbocycles. The van der Waals surface area contributed by atoms with Crippen molar-refractivity contribution in [2.45, 2.75) is 39.3 Å². The van der Waals surface area contributed by atoms with Gasteiger partial charge in [0.1, 0.15) is 28.9 Å². The van der Waals surface area contributed by atoms with Crippen LogP contribution >= 0.6 is 0 Å². The first-order valence-corrected chi connectivity index (χ1v) is 9.82. The lowest BCUT2D eigenvalue weighted by atomic mass is 10.1. The van der Waals surface area contributed by atoms with E-state index in [2.05, 4.69) is 5.32 Å². The number of amides is 1. The molecule has 0 bridgehead atoms. The van der Waals surface area contributed by atoms with Gasteiger partial charge in [-0.3, -0.25) is 0 Å². The second-order valence-electron chi connectivity index (χ2n) is 7.84. The minimum Gasteiger partial charge on any atom is -0.497 e. The van der Waals surface area contributed by atoms with Crippen molar-refractivity contribution in [1.29, 1.82) is 0 Å². The molecule has 2 rings (SSSR count). The Balaban J connectivity index is 1.96. The molecule has 1 atom stereocenters. The van der Waals surface area contributed by atoms with Crippen LogP contribution in [0.5, 0.6) is 17.2 Å². The minimum absolute atomic E-state index is 0.378. The maximum Gasteiger partial charge on any atom is 0.408 e. The maximum absolute atomic E-state index is 12.2. The Morgan fingerprint density at radius 3 is 1.94 bits per heavy atom. The van der Waals surface area contributed by atoms with Gasteiger partial charge in [-0.2, -0.15) is 0 Å². The molecule has 0 fully saturated rings. The lowest BCUT2D eigenvalue weighted by Gasteiger charge is -2.21. The van der Waals surface area contributed by atoms with E-state index in [0.29, 0.717) is 17.2 Å². The zero-order chi connectivity index (χ0) is 23.0. The number of benzene rings is 2. The number of nitrogens with one attached hydrogen (secondary N) is 1. The molecule has 31 heavy (non-hydrogen) atoms. The lowest BCUT2D eigenvalue weighted by molar-refractivity contribution is -0.136. The van der Waals surface area contributed by atoms with Crippen LogP contribution in [-0.2, 0) is 9.53 Å². The minimum atomic E-state index is -0.850. The monoisotopic (exact) mass is 427 g/mol. The van der Waals surface area contributed by atoms with Crippen molar-refractivity contribution in [3.05, 3.63) is 53.6 Å². The molecule has 1 amide bonds. The van der Waals surface area contributed by atoms with Gasteiger partial charge in [0.05, 0.1) is 14.2 Å². The molecule has 0 heterocycles. The van der Waals surface area contributed by atoms with Gasteiger partial charge in [0.2, 0.25) is 0 Å². The van der Waals surface area contributed by atoms with Crippen LogP contribution in [0.4, 0.5) is 4.79 Å². The van der Waals surface area contributed by atoms with Crippen LogP contribution in [0.3, 0.4) is 0 Å². The Morgan fingerprint density at radius 1 is 0.871 bits per heavy atom. The van der Waals surface area contributed by atoms with E-state index in [0.717, 1.165) is 11.1 Å². The molecule has 166 valence electrons. The fraction of sp³-hybridized carbons (Fsp3) is 0.333. The van der Waals surface area contributed by atoms with Crippen molar-refractivity contribution >= 4 is 24.2 Å². The number of ether oxygens (including phenoxy) is 4. The summed E-state index contributed by atoms with van der Waals surface area (Å²) in [5, 5.41) is 2.46. The fourth-order valence-corrected chi connectivity index (χ4v) is 2.51. The van der Waals surface area contributed by atoms with Crippen molar-refractivity contribution in [3.8, 4) is 17.2 Å². The molecule has 1 N–H and O–H groups in total. The first-order valence-electron chi connectivity index (χ1n) is 9.82. The van der Waals surface area contributed by atoms with Gasteiger partial charge in [0, 0.05) is 6.07 Å². The topological polar surface area (TPSA) is 83.1 Å². The lowest BCUT2D eigenvalue weighted by Crippen LogP contribution is -2.43. The Hall–Kier alpha value is -3.48. The molecule has 0 aliphatic rings. The normalized spacial score (nSPS) is 12.2. The number of carbonyl (C=O) groups is 2. The molecule has 0 saturated heterocycles. The van der Waals surface area contributed by atoms with Gasteiger partial charge in [-0.05, 0) is 63.1 Å². The van der Waals surface area contributed by atoms with Crippen LogP contribution < -0.4 is 19.5 Å².